The van der Waals surface area contributed by atoms with Crippen LogP contribution in [0.5, 0.6) is 0 Å². The Hall–Kier alpha value is -1.06. The van der Waals surface area contributed by atoms with Crippen LogP contribution in [0.4, 0.5) is 4.79 Å². The SMILES string of the molecule is O=C1CC[C@H]2CCN(C(=O)O)[C@@H]12. The van der Waals surface area contributed by atoms with Crippen LogP contribution in [-0.4, -0.2) is 34.5 Å². The molecule has 1 heterocycles. The number of ketones is 1. The van der Waals surface area contributed by atoms with Gasteiger partial charge in [0.25, 0.3) is 0 Å². The Bertz CT molecular complexity index is 238. The van der Waals surface area contributed by atoms with Crippen molar-refractivity contribution in [1.29, 1.82) is 0 Å². The van der Waals surface area contributed by atoms with Crippen LogP contribution in [0.3, 0.4) is 0 Å². The third kappa shape index (κ3) is 0.906. The van der Waals surface area contributed by atoms with Crippen molar-refractivity contribution in [2.24, 2.45) is 5.92 Å². The van der Waals surface area contributed by atoms with Crippen LogP contribution in [0.15, 0.2) is 0 Å². The molecule has 66 valence electrons. The van der Waals surface area contributed by atoms with E-state index in [1.807, 2.05) is 0 Å². The molecule has 1 amide bonds. The molecule has 2 atom stereocenters. The van der Waals surface area contributed by atoms with Crippen molar-refractivity contribution in [2.45, 2.75) is 25.3 Å². The van der Waals surface area contributed by atoms with Crippen LogP contribution < -0.4 is 0 Å². The molecule has 0 aromatic heterocycles. The van der Waals surface area contributed by atoms with Crippen LogP contribution in [0.1, 0.15) is 19.3 Å². The first-order chi connectivity index (χ1) is 5.70. The molecule has 1 aliphatic carbocycles. The first-order valence-electron chi connectivity index (χ1n) is 4.22. The van der Waals surface area contributed by atoms with Crippen molar-refractivity contribution < 1.29 is 14.7 Å². The quantitative estimate of drug-likeness (QED) is 0.581. The van der Waals surface area contributed by atoms with Gasteiger partial charge in [0.2, 0.25) is 0 Å². The summed E-state index contributed by atoms with van der Waals surface area (Å²) in [6.45, 7) is 0.538. The molecule has 0 radical (unpaired) electrons. The van der Waals surface area contributed by atoms with Gasteiger partial charge in [0.15, 0.2) is 5.78 Å². The Kier molecular flexibility index (Phi) is 1.56. The van der Waals surface area contributed by atoms with Crippen molar-refractivity contribution in [1.82, 2.24) is 4.90 Å². The molecule has 4 nitrogen and oxygen atoms in total. The molecule has 1 aliphatic heterocycles. The molecular formula is C8H11NO3. The fourth-order valence-electron chi connectivity index (χ4n) is 2.29. The van der Waals surface area contributed by atoms with Gasteiger partial charge < -0.3 is 5.11 Å². The lowest BCUT2D eigenvalue weighted by molar-refractivity contribution is -0.121. The minimum absolute atomic E-state index is 0.111. The molecule has 0 aromatic rings. The molecule has 2 rings (SSSR count). The largest absolute Gasteiger partial charge is 0.465 e. The molecule has 0 aromatic carbocycles. The Balaban J connectivity index is 2.19. The molecule has 0 bridgehead atoms. The van der Waals surface area contributed by atoms with Crippen molar-refractivity contribution in [2.75, 3.05) is 6.54 Å². The van der Waals surface area contributed by atoms with E-state index in [2.05, 4.69) is 0 Å². The van der Waals surface area contributed by atoms with Crippen molar-refractivity contribution in [3.8, 4) is 0 Å². The number of hydrogen-bond donors (Lipinski definition) is 1. The van der Waals surface area contributed by atoms with Gasteiger partial charge in [0, 0.05) is 13.0 Å². The molecule has 1 saturated heterocycles. The number of hydrogen-bond acceptors (Lipinski definition) is 2. The zero-order chi connectivity index (χ0) is 8.72. The van der Waals surface area contributed by atoms with Crippen LogP contribution in [0.2, 0.25) is 0 Å². The van der Waals surface area contributed by atoms with Crippen LogP contribution in [0.25, 0.3) is 0 Å². The van der Waals surface area contributed by atoms with E-state index in [0.717, 1.165) is 12.8 Å². The normalized spacial score (nSPS) is 34.0. The maximum atomic E-state index is 11.3. The second-order valence-corrected chi connectivity index (χ2v) is 3.47. The number of fused-ring (bicyclic) bond motifs is 1. The predicted molar refractivity (Wildman–Crippen MR) is 40.9 cm³/mol. The molecule has 2 aliphatic rings. The second-order valence-electron chi connectivity index (χ2n) is 3.47. The lowest BCUT2D eigenvalue weighted by Gasteiger charge is -2.18. The maximum absolute atomic E-state index is 11.3. The molecule has 2 fully saturated rings. The van der Waals surface area contributed by atoms with Gasteiger partial charge in [-0.2, -0.15) is 0 Å². The number of carboxylic acid groups (broad SMARTS) is 1. The zero-order valence-corrected chi connectivity index (χ0v) is 6.69. The molecule has 1 saturated carbocycles. The first-order valence-corrected chi connectivity index (χ1v) is 4.22. The molecular weight excluding hydrogens is 158 g/mol. The van der Waals surface area contributed by atoms with Gasteiger partial charge in [0.1, 0.15) is 0 Å². The smallest absolute Gasteiger partial charge is 0.407 e. The summed E-state index contributed by atoms with van der Waals surface area (Å²) < 4.78 is 0. The molecule has 4 heteroatoms. The lowest BCUT2D eigenvalue weighted by Crippen LogP contribution is -2.39. The standard InChI is InChI=1S/C8H11NO3/c10-6-2-1-5-3-4-9(7(5)6)8(11)12/h5,7H,1-4H2,(H,11,12)/t5-,7+/m0/s1. The van der Waals surface area contributed by atoms with Gasteiger partial charge in [-0.1, -0.05) is 0 Å². The Morgan fingerprint density at radius 1 is 1.50 bits per heavy atom. The summed E-state index contributed by atoms with van der Waals surface area (Å²) in [6.07, 6.45) is 1.37. The van der Waals surface area contributed by atoms with E-state index >= 15 is 0 Å². The van der Waals surface area contributed by atoms with E-state index in [1.165, 1.54) is 4.90 Å². The van der Waals surface area contributed by atoms with E-state index in [1.54, 1.807) is 0 Å². The monoisotopic (exact) mass is 169 g/mol. The number of amides is 1. The fraction of sp³-hybridized carbons (Fsp3) is 0.750. The third-order valence-corrected chi connectivity index (χ3v) is 2.86. The highest BCUT2D eigenvalue weighted by molar-refractivity contribution is 5.89. The van der Waals surface area contributed by atoms with E-state index in [9.17, 15) is 9.59 Å². The number of likely N-dealkylation sites (tertiary alicyclic amines) is 1. The van der Waals surface area contributed by atoms with Gasteiger partial charge in [-0.25, -0.2) is 4.79 Å². The lowest BCUT2D eigenvalue weighted by atomic mass is 10.0. The minimum atomic E-state index is -0.947. The van der Waals surface area contributed by atoms with Crippen molar-refractivity contribution in [3.63, 3.8) is 0 Å². The van der Waals surface area contributed by atoms with Crippen LogP contribution in [-0.2, 0) is 4.79 Å². The molecule has 0 unspecified atom stereocenters. The van der Waals surface area contributed by atoms with E-state index in [4.69, 9.17) is 5.11 Å². The van der Waals surface area contributed by atoms with Gasteiger partial charge in [-0.3, -0.25) is 9.69 Å². The summed E-state index contributed by atoms with van der Waals surface area (Å²) in [5.41, 5.74) is 0. The summed E-state index contributed by atoms with van der Waals surface area (Å²) in [5.74, 6) is 0.425. The summed E-state index contributed by atoms with van der Waals surface area (Å²) in [6, 6.07) is -0.303. The fourth-order valence-corrected chi connectivity index (χ4v) is 2.29. The topological polar surface area (TPSA) is 57.6 Å². The van der Waals surface area contributed by atoms with E-state index in [0.29, 0.717) is 18.9 Å². The van der Waals surface area contributed by atoms with Gasteiger partial charge in [0.05, 0.1) is 6.04 Å². The second kappa shape index (κ2) is 2.47. The number of Topliss-reactive ketones (excluding diaryl/α,β-unsaturated/α-hetero) is 1. The van der Waals surface area contributed by atoms with Gasteiger partial charge in [-0.15, -0.1) is 0 Å². The van der Waals surface area contributed by atoms with Gasteiger partial charge in [-0.05, 0) is 18.8 Å². The number of carbonyl (C=O) groups is 2. The summed E-state index contributed by atoms with van der Waals surface area (Å²) >= 11 is 0. The predicted octanol–water partition coefficient (Wildman–Crippen LogP) is 0.718. The first kappa shape index (κ1) is 7.58. The molecule has 1 N–H and O–H groups in total. The number of nitrogens with zero attached hydrogens (tertiary/aromatic N) is 1. The number of carbonyl (C=O) groups excluding carboxylic acids is 1. The Morgan fingerprint density at radius 2 is 2.25 bits per heavy atom. The summed E-state index contributed by atoms with van der Waals surface area (Å²) in [5, 5.41) is 8.75. The zero-order valence-electron chi connectivity index (χ0n) is 6.69. The van der Waals surface area contributed by atoms with Crippen LogP contribution in [0, 0.1) is 5.92 Å². The van der Waals surface area contributed by atoms with E-state index < -0.39 is 6.09 Å². The van der Waals surface area contributed by atoms with Crippen molar-refractivity contribution >= 4 is 11.9 Å². The average molecular weight is 169 g/mol. The Morgan fingerprint density at radius 3 is 2.92 bits per heavy atom. The van der Waals surface area contributed by atoms with Crippen molar-refractivity contribution in [3.05, 3.63) is 0 Å². The minimum Gasteiger partial charge on any atom is -0.465 e. The van der Waals surface area contributed by atoms with Crippen LogP contribution >= 0.6 is 0 Å². The van der Waals surface area contributed by atoms with E-state index in [-0.39, 0.29) is 11.8 Å². The molecule has 12 heavy (non-hydrogen) atoms. The number of rotatable bonds is 0. The Labute approximate surface area is 70.2 Å². The maximum Gasteiger partial charge on any atom is 0.407 e. The van der Waals surface area contributed by atoms with Gasteiger partial charge >= 0.3 is 6.09 Å². The highest BCUT2D eigenvalue weighted by Gasteiger charge is 2.45. The summed E-state index contributed by atoms with van der Waals surface area (Å²) in [7, 11) is 0. The third-order valence-electron chi connectivity index (χ3n) is 2.86. The summed E-state index contributed by atoms with van der Waals surface area (Å²) in [4.78, 5) is 23.2. The molecule has 0 spiro atoms. The average Bonchev–Trinajstić information content (AvgIpc) is 2.53. The highest BCUT2D eigenvalue weighted by Crippen LogP contribution is 2.35. The highest BCUT2D eigenvalue weighted by atomic mass is 16.4.